The van der Waals surface area contributed by atoms with Crippen molar-refractivity contribution >= 4 is 11.7 Å². The SMILES string of the molecule is N=C1c2cc(F)ccc2CN1CCNC(=O)C1CC1. The van der Waals surface area contributed by atoms with Gasteiger partial charge in [-0.05, 0) is 30.5 Å². The summed E-state index contributed by atoms with van der Waals surface area (Å²) in [7, 11) is 0. The van der Waals surface area contributed by atoms with E-state index < -0.39 is 0 Å². The summed E-state index contributed by atoms with van der Waals surface area (Å²) in [6.45, 7) is 1.75. The second-order valence-electron chi connectivity index (χ2n) is 5.14. The summed E-state index contributed by atoms with van der Waals surface area (Å²) in [5, 5.41) is 10.9. The van der Waals surface area contributed by atoms with Crippen molar-refractivity contribution < 1.29 is 9.18 Å². The van der Waals surface area contributed by atoms with E-state index in [0.717, 1.165) is 18.4 Å². The van der Waals surface area contributed by atoms with Crippen LogP contribution in [0.25, 0.3) is 0 Å². The number of amides is 1. The molecule has 1 fully saturated rings. The maximum atomic E-state index is 13.1. The van der Waals surface area contributed by atoms with Crippen molar-refractivity contribution in [3.8, 4) is 0 Å². The number of amidine groups is 1. The van der Waals surface area contributed by atoms with Gasteiger partial charge in [0.2, 0.25) is 5.91 Å². The van der Waals surface area contributed by atoms with Gasteiger partial charge in [0, 0.05) is 31.1 Å². The van der Waals surface area contributed by atoms with Gasteiger partial charge in [-0.3, -0.25) is 10.2 Å². The zero-order chi connectivity index (χ0) is 13.4. The highest BCUT2D eigenvalue weighted by Gasteiger charge is 2.29. The quantitative estimate of drug-likeness (QED) is 0.863. The second kappa shape index (κ2) is 4.64. The van der Waals surface area contributed by atoms with Crippen molar-refractivity contribution in [2.24, 2.45) is 5.92 Å². The Bertz CT molecular complexity index is 539. The molecule has 0 unspecified atom stereocenters. The summed E-state index contributed by atoms with van der Waals surface area (Å²) >= 11 is 0. The third-order valence-corrected chi connectivity index (χ3v) is 3.63. The van der Waals surface area contributed by atoms with Crippen molar-refractivity contribution in [3.63, 3.8) is 0 Å². The van der Waals surface area contributed by atoms with Crippen molar-refractivity contribution in [2.45, 2.75) is 19.4 Å². The first-order valence-electron chi connectivity index (χ1n) is 6.55. The summed E-state index contributed by atoms with van der Waals surface area (Å²) in [6, 6.07) is 4.55. The fourth-order valence-corrected chi connectivity index (χ4v) is 2.36. The molecule has 0 aromatic heterocycles. The molecule has 1 aromatic rings. The molecule has 2 N–H and O–H groups in total. The van der Waals surface area contributed by atoms with Gasteiger partial charge in [-0.25, -0.2) is 4.39 Å². The molecule has 0 spiro atoms. The predicted octanol–water partition coefficient (Wildman–Crippen LogP) is 1.49. The molecule has 19 heavy (non-hydrogen) atoms. The van der Waals surface area contributed by atoms with Crippen LogP contribution >= 0.6 is 0 Å². The molecular weight excluding hydrogens is 245 g/mol. The number of carbonyl (C=O) groups excluding carboxylic acids is 1. The molecule has 1 aliphatic carbocycles. The Morgan fingerprint density at radius 3 is 3.00 bits per heavy atom. The third-order valence-electron chi connectivity index (χ3n) is 3.63. The van der Waals surface area contributed by atoms with E-state index in [1.807, 2.05) is 4.90 Å². The van der Waals surface area contributed by atoms with Crippen molar-refractivity contribution in [2.75, 3.05) is 13.1 Å². The number of hydrogen-bond donors (Lipinski definition) is 2. The molecule has 1 heterocycles. The molecule has 100 valence electrons. The van der Waals surface area contributed by atoms with Crippen molar-refractivity contribution in [3.05, 3.63) is 35.1 Å². The fourth-order valence-electron chi connectivity index (χ4n) is 2.36. The summed E-state index contributed by atoms with van der Waals surface area (Å²) in [5.74, 6) is 0.362. The first-order chi connectivity index (χ1) is 9.15. The van der Waals surface area contributed by atoms with Gasteiger partial charge in [0.1, 0.15) is 11.7 Å². The molecular formula is C14H16FN3O. The number of nitrogens with one attached hydrogen (secondary N) is 2. The lowest BCUT2D eigenvalue weighted by molar-refractivity contribution is -0.122. The molecule has 0 atom stereocenters. The Morgan fingerprint density at radius 2 is 2.26 bits per heavy atom. The van der Waals surface area contributed by atoms with E-state index in [4.69, 9.17) is 5.41 Å². The van der Waals surface area contributed by atoms with Gasteiger partial charge >= 0.3 is 0 Å². The van der Waals surface area contributed by atoms with Crippen LogP contribution in [0.5, 0.6) is 0 Å². The molecule has 1 amide bonds. The minimum atomic E-state index is -0.313. The zero-order valence-corrected chi connectivity index (χ0v) is 10.6. The van der Waals surface area contributed by atoms with Crippen LogP contribution in [-0.4, -0.2) is 29.7 Å². The highest BCUT2D eigenvalue weighted by molar-refractivity contribution is 6.00. The normalized spacial score (nSPS) is 17.5. The second-order valence-corrected chi connectivity index (χ2v) is 5.14. The topological polar surface area (TPSA) is 56.2 Å². The molecule has 5 heteroatoms. The van der Waals surface area contributed by atoms with Gasteiger partial charge in [0.25, 0.3) is 0 Å². The Kier molecular flexibility index (Phi) is 2.97. The van der Waals surface area contributed by atoms with Gasteiger partial charge in [-0.1, -0.05) is 6.07 Å². The lowest BCUT2D eigenvalue weighted by Gasteiger charge is -2.18. The van der Waals surface area contributed by atoms with Crippen molar-refractivity contribution in [1.82, 2.24) is 10.2 Å². The Balaban J connectivity index is 1.56. The van der Waals surface area contributed by atoms with Crippen LogP contribution in [0.15, 0.2) is 18.2 Å². The first-order valence-corrected chi connectivity index (χ1v) is 6.55. The largest absolute Gasteiger partial charge is 0.354 e. The molecule has 3 rings (SSSR count). The minimum Gasteiger partial charge on any atom is -0.354 e. The van der Waals surface area contributed by atoms with Crippen LogP contribution in [0.3, 0.4) is 0 Å². The Hall–Kier alpha value is -1.91. The van der Waals surface area contributed by atoms with Gasteiger partial charge < -0.3 is 10.2 Å². The van der Waals surface area contributed by atoms with E-state index >= 15 is 0 Å². The van der Waals surface area contributed by atoms with E-state index in [1.54, 1.807) is 6.07 Å². The predicted molar refractivity (Wildman–Crippen MR) is 69.4 cm³/mol. The van der Waals surface area contributed by atoms with E-state index in [9.17, 15) is 9.18 Å². The summed E-state index contributed by atoms with van der Waals surface area (Å²) in [5.41, 5.74) is 1.63. The third kappa shape index (κ3) is 2.45. The average Bonchev–Trinajstić information content (AvgIpc) is 3.18. The molecule has 0 bridgehead atoms. The maximum Gasteiger partial charge on any atom is 0.223 e. The molecule has 1 aromatic carbocycles. The molecule has 0 radical (unpaired) electrons. The smallest absolute Gasteiger partial charge is 0.223 e. The number of halogens is 1. The Morgan fingerprint density at radius 1 is 1.47 bits per heavy atom. The number of benzene rings is 1. The van der Waals surface area contributed by atoms with Gasteiger partial charge in [0.05, 0.1) is 0 Å². The van der Waals surface area contributed by atoms with Crippen LogP contribution < -0.4 is 5.32 Å². The van der Waals surface area contributed by atoms with Crippen molar-refractivity contribution in [1.29, 1.82) is 5.41 Å². The fraction of sp³-hybridized carbons (Fsp3) is 0.429. The average molecular weight is 261 g/mol. The molecule has 2 aliphatic rings. The monoisotopic (exact) mass is 261 g/mol. The molecule has 0 saturated heterocycles. The standard InChI is InChI=1S/C14H16FN3O/c15-11-4-3-10-8-18(13(16)12(10)7-11)6-5-17-14(19)9-1-2-9/h3-4,7,9,16H,1-2,5-6,8H2,(H,17,19). The van der Waals surface area contributed by atoms with Gasteiger partial charge in [-0.15, -0.1) is 0 Å². The number of hydrogen-bond acceptors (Lipinski definition) is 2. The van der Waals surface area contributed by atoms with Gasteiger partial charge in [-0.2, -0.15) is 0 Å². The van der Waals surface area contributed by atoms with E-state index in [0.29, 0.717) is 31.0 Å². The summed E-state index contributed by atoms with van der Waals surface area (Å²) in [6.07, 6.45) is 1.99. The number of fused-ring (bicyclic) bond motifs is 1. The maximum absolute atomic E-state index is 13.1. The highest BCUT2D eigenvalue weighted by Crippen LogP contribution is 2.28. The lowest BCUT2D eigenvalue weighted by Crippen LogP contribution is -2.35. The molecule has 4 nitrogen and oxygen atoms in total. The minimum absolute atomic E-state index is 0.120. The van der Waals surface area contributed by atoms with Crippen LogP contribution in [0, 0.1) is 17.1 Å². The van der Waals surface area contributed by atoms with E-state index in [-0.39, 0.29) is 17.6 Å². The number of carbonyl (C=O) groups is 1. The highest BCUT2D eigenvalue weighted by atomic mass is 19.1. The van der Waals surface area contributed by atoms with E-state index in [2.05, 4.69) is 5.32 Å². The number of nitrogens with zero attached hydrogens (tertiary/aromatic N) is 1. The lowest BCUT2D eigenvalue weighted by atomic mass is 10.1. The van der Waals surface area contributed by atoms with Crippen LogP contribution in [0.2, 0.25) is 0 Å². The molecule has 1 aliphatic heterocycles. The zero-order valence-electron chi connectivity index (χ0n) is 10.6. The molecule has 1 saturated carbocycles. The van der Waals surface area contributed by atoms with Crippen LogP contribution in [-0.2, 0) is 11.3 Å². The number of rotatable bonds is 4. The van der Waals surface area contributed by atoms with Gasteiger partial charge in [0.15, 0.2) is 0 Å². The first kappa shape index (κ1) is 12.1. The van der Waals surface area contributed by atoms with E-state index in [1.165, 1.54) is 12.1 Å². The Labute approximate surface area is 111 Å². The summed E-state index contributed by atoms with van der Waals surface area (Å²) in [4.78, 5) is 13.3. The van der Waals surface area contributed by atoms with Crippen LogP contribution in [0.1, 0.15) is 24.0 Å². The summed E-state index contributed by atoms with van der Waals surface area (Å²) < 4.78 is 13.1. The van der Waals surface area contributed by atoms with Crippen LogP contribution in [0.4, 0.5) is 4.39 Å².